The number of alkyl halides is 3. The van der Waals surface area contributed by atoms with Crippen LogP contribution in [0.5, 0.6) is 17.2 Å². The van der Waals surface area contributed by atoms with Crippen molar-refractivity contribution in [3.63, 3.8) is 0 Å². The molecule has 0 saturated carbocycles. The van der Waals surface area contributed by atoms with Gasteiger partial charge in [-0.1, -0.05) is 0 Å². The number of nitro benzene ring substituents is 1. The molecule has 13 heteroatoms. The Morgan fingerprint density at radius 3 is 2.17 bits per heavy atom. The summed E-state index contributed by atoms with van der Waals surface area (Å²) < 4.78 is 50.8. The highest BCUT2D eigenvalue weighted by Gasteiger charge is 2.49. The molecule has 0 aromatic heterocycles. The molecule has 2 aromatic rings. The normalized spacial score (nSPS) is 15.7. The van der Waals surface area contributed by atoms with E-state index in [0.29, 0.717) is 0 Å². The summed E-state index contributed by atoms with van der Waals surface area (Å²) in [6.07, 6.45) is -4.83. The van der Waals surface area contributed by atoms with Crippen LogP contribution in [0.15, 0.2) is 42.5 Å². The fourth-order valence-electron chi connectivity index (χ4n) is 2.56. The number of anilines is 1. The van der Waals surface area contributed by atoms with Crippen LogP contribution in [0.3, 0.4) is 0 Å². The Morgan fingerprint density at radius 1 is 1.10 bits per heavy atom. The molecule has 154 valence electrons. The lowest BCUT2D eigenvalue weighted by atomic mass is 9.52. The molecule has 3 rings (SSSR count). The van der Waals surface area contributed by atoms with Crippen molar-refractivity contribution in [3.05, 3.63) is 52.6 Å². The van der Waals surface area contributed by atoms with E-state index in [1.54, 1.807) is 0 Å². The number of nitrogens with one attached hydrogen (secondary N) is 1. The zero-order valence-electron chi connectivity index (χ0n) is 15.2. The number of rotatable bonds is 7. The summed E-state index contributed by atoms with van der Waals surface area (Å²) in [7, 11) is 11.8. The highest BCUT2D eigenvalue weighted by Crippen LogP contribution is 2.36. The third kappa shape index (κ3) is 4.79. The van der Waals surface area contributed by atoms with Crippen molar-refractivity contribution in [1.82, 2.24) is 0 Å². The summed E-state index contributed by atoms with van der Waals surface area (Å²) >= 11 is 0. The Morgan fingerprint density at radius 2 is 1.67 bits per heavy atom. The van der Waals surface area contributed by atoms with Gasteiger partial charge in [0.1, 0.15) is 28.5 Å². The molecule has 1 heterocycles. The van der Waals surface area contributed by atoms with Gasteiger partial charge in [0.05, 0.1) is 33.8 Å². The lowest BCUT2D eigenvalue weighted by molar-refractivity contribution is -0.384. The van der Waals surface area contributed by atoms with Crippen LogP contribution in [0, 0.1) is 10.1 Å². The lowest BCUT2D eigenvalue weighted by Crippen LogP contribution is -2.70. The molecule has 1 aliphatic heterocycles. The number of aliphatic hydroxyl groups is 1. The first-order chi connectivity index (χ1) is 13.9. The average molecular weight is 420 g/mol. The van der Waals surface area contributed by atoms with Gasteiger partial charge in [-0.3, -0.25) is 10.1 Å². The fraction of sp³-hybridized carbons (Fsp3) is 0.294. The van der Waals surface area contributed by atoms with Crippen LogP contribution in [-0.2, 0) is 4.74 Å². The van der Waals surface area contributed by atoms with Crippen molar-refractivity contribution >= 4 is 27.1 Å². The highest BCUT2D eigenvalue weighted by atomic mass is 19.4. The molecule has 1 fully saturated rings. The maximum atomic E-state index is 12.2. The second-order valence-electron chi connectivity index (χ2n) is 6.58. The SMILES string of the molecule is [B]C([B])(Nc1cc(Oc2ccc(OC(F)(F)F)cc2)ccc1[N+](=O)[O-])C1(O)COC1. The number of nitro groups is 1. The first-order valence-corrected chi connectivity index (χ1v) is 8.37. The molecule has 1 aliphatic rings. The third-order valence-corrected chi connectivity index (χ3v) is 4.25. The molecule has 0 atom stereocenters. The standard InChI is InChI=1S/C17H13B2F3N2O6/c18-16(19,15(25)8-28-9-15)23-13-7-12(5-6-14(13)24(26)27)29-10-1-3-11(4-2-10)30-17(20,21)22/h1-7,23,25H,8-9H2. The Kier molecular flexibility index (Phi) is 5.61. The van der Waals surface area contributed by atoms with Crippen LogP contribution in [0.4, 0.5) is 24.5 Å². The van der Waals surface area contributed by atoms with E-state index in [-0.39, 0.29) is 36.1 Å². The van der Waals surface area contributed by atoms with Crippen molar-refractivity contribution in [3.8, 4) is 17.2 Å². The minimum Gasteiger partial charge on any atom is -0.457 e. The largest absolute Gasteiger partial charge is 0.573 e. The predicted octanol–water partition coefficient (Wildman–Crippen LogP) is 2.45. The highest BCUT2D eigenvalue weighted by molar-refractivity contribution is 6.42. The maximum Gasteiger partial charge on any atom is 0.573 e. The van der Waals surface area contributed by atoms with Crippen LogP contribution < -0.4 is 14.8 Å². The zero-order chi connectivity index (χ0) is 22.2. The molecule has 0 unspecified atom stereocenters. The van der Waals surface area contributed by atoms with Crippen LogP contribution >= 0.6 is 0 Å². The Hall–Kier alpha value is -2.92. The molecule has 30 heavy (non-hydrogen) atoms. The van der Waals surface area contributed by atoms with Gasteiger partial charge in [-0.2, -0.15) is 0 Å². The van der Waals surface area contributed by atoms with Gasteiger partial charge >= 0.3 is 6.36 Å². The summed E-state index contributed by atoms with van der Waals surface area (Å²) in [4.78, 5) is 10.6. The second-order valence-corrected chi connectivity index (χ2v) is 6.58. The van der Waals surface area contributed by atoms with Gasteiger partial charge in [0, 0.05) is 12.1 Å². The molecular formula is C17H13B2F3N2O6. The smallest absolute Gasteiger partial charge is 0.457 e. The Bertz CT molecular complexity index is 936. The molecular weight excluding hydrogens is 407 g/mol. The third-order valence-electron chi connectivity index (χ3n) is 4.25. The molecule has 4 radical (unpaired) electrons. The van der Waals surface area contributed by atoms with Crippen molar-refractivity contribution in [1.29, 1.82) is 0 Å². The predicted molar refractivity (Wildman–Crippen MR) is 99.9 cm³/mol. The monoisotopic (exact) mass is 420 g/mol. The van der Waals surface area contributed by atoms with Gasteiger partial charge in [0.25, 0.3) is 5.69 Å². The van der Waals surface area contributed by atoms with Crippen LogP contribution in [0.25, 0.3) is 0 Å². The molecule has 2 aromatic carbocycles. The Balaban J connectivity index is 1.81. The molecule has 8 nitrogen and oxygen atoms in total. The van der Waals surface area contributed by atoms with Gasteiger partial charge in [-0.15, -0.1) is 13.2 Å². The minimum atomic E-state index is -4.83. The quantitative estimate of drug-likeness (QED) is 0.403. The van der Waals surface area contributed by atoms with E-state index >= 15 is 0 Å². The fourth-order valence-corrected chi connectivity index (χ4v) is 2.56. The van der Waals surface area contributed by atoms with E-state index in [4.69, 9.17) is 25.2 Å². The lowest BCUT2D eigenvalue weighted by Gasteiger charge is -2.50. The molecule has 1 saturated heterocycles. The van der Waals surface area contributed by atoms with Gasteiger partial charge < -0.3 is 24.6 Å². The maximum absolute atomic E-state index is 12.2. The van der Waals surface area contributed by atoms with Crippen LogP contribution in [0.1, 0.15) is 0 Å². The number of ether oxygens (including phenoxy) is 3. The van der Waals surface area contributed by atoms with E-state index in [1.165, 1.54) is 24.3 Å². The first-order valence-electron chi connectivity index (χ1n) is 8.37. The number of benzene rings is 2. The van der Waals surface area contributed by atoms with E-state index in [9.17, 15) is 28.4 Å². The number of halogens is 3. The Labute approximate surface area is 170 Å². The van der Waals surface area contributed by atoms with E-state index in [1.807, 2.05) is 0 Å². The second kappa shape index (κ2) is 7.73. The molecule has 2 N–H and O–H groups in total. The first kappa shape index (κ1) is 21.8. The van der Waals surface area contributed by atoms with Crippen LogP contribution in [-0.4, -0.2) is 56.2 Å². The number of hydrogen-bond donors (Lipinski definition) is 2. The average Bonchev–Trinajstić information content (AvgIpc) is 2.59. The molecule has 0 spiro atoms. The van der Waals surface area contributed by atoms with Crippen molar-refractivity contribution in [2.75, 3.05) is 18.5 Å². The number of nitrogens with zero attached hydrogens (tertiary/aromatic N) is 1. The molecule has 0 amide bonds. The van der Waals surface area contributed by atoms with Gasteiger partial charge in [0.2, 0.25) is 0 Å². The van der Waals surface area contributed by atoms with Crippen LogP contribution in [0.2, 0.25) is 0 Å². The van der Waals surface area contributed by atoms with E-state index in [0.717, 1.165) is 18.2 Å². The van der Waals surface area contributed by atoms with Gasteiger partial charge in [-0.25, -0.2) is 0 Å². The summed E-state index contributed by atoms with van der Waals surface area (Å²) in [5.74, 6) is -0.199. The summed E-state index contributed by atoms with van der Waals surface area (Å²) in [5, 5.41) is 22.2. The number of hydrogen-bond acceptors (Lipinski definition) is 7. The zero-order valence-corrected chi connectivity index (χ0v) is 15.2. The van der Waals surface area contributed by atoms with Gasteiger partial charge in [-0.05, 0) is 35.7 Å². The van der Waals surface area contributed by atoms with Crippen molar-refractivity contribution < 1.29 is 37.4 Å². The topological polar surface area (TPSA) is 103 Å². The summed E-state index contributed by atoms with van der Waals surface area (Å²) in [6, 6.07) is 8.15. The van der Waals surface area contributed by atoms with Gasteiger partial charge in [0.15, 0.2) is 0 Å². The molecule has 0 bridgehead atoms. The van der Waals surface area contributed by atoms with E-state index < -0.39 is 28.0 Å². The minimum absolute atomic E-state index is 0.0974. The summed E-state index contributed by atoms with van der Waals surface area (Å²) in [6.45, 7) is -0.327. The molecule has 0 aliphatic carbocycles. The van der Waals surface area contributed by atoms with Crippen molar-refractivity contribution in [2.45, 2.75) is 17.3 Å². The van der Waals surface area contributed by atoms with E-state index in [2.05, 4.69) is 10.1 Å². The summed E-state index contributed by atoms with van der Waals surface area (Å²) in [5.41, 5.74) is -2.17. The van der Waals surface area contributed by atoms with Crippen molar-refractivity contribution in [2.24, 2.45) is 0 Å².